The molecule has 2 rings (SSSR count). The molecule has 0 radical (unpaired) electrons. The number of rotatable bonds is 4. The van der Waals surface area contributed by atoms with E-state index in [4.69, 9.17) is 0 Å². The van der Waals surface area contributed by atoms with Gasteiger partial charge in [0.15, 0.2) is 0 Å². The monoisotopic (exact) mass is 240 g/mol. The van der Waals surface area contributed by atoms with Gasteiger partial charge in [0.2, 0.25) is 0 Å². The molecule has 0 aromatic rings. The second kappa shape index (κ2) is 5.26. The van der Waals surface area contributed by atoms with E-state index in [1.807, 2.05) is 0 Å². The lowest BCUT2D eigenvalue weighted by Crippen LogP contribution is -2.41. The van der Waals surface area contributed by atoms with E-state index < -0.39 is 10.8 Å². The lowest BCUT2D eigenvalue weighted by atomic mass is 9.85. The number of ketones is 1. The fourth-order valence-electron chi connectivity index (χ4n) is 2.95. The first-order valence-corrected chi connectivity index (χ1v) is 7.53. The van der Waals surface area contributed by atoms with Crippen molar-refractivity contribution < 1.29 is 9.00 Å². The number of hydrogen-bond acceptors (Lipinski definition) is 2. The highest BCUT2D eigenvalue weighted by Crippen LogP contribution is 2.37. The maximum absolute atomic E-state index is 12.0. The van der Waals surface area contributed by atoms with Crippen LogP contribution in [0.25, 0.3) is 0 Å². The molecular weight excluding hydrogens is 220 g/mol. The summed E-state index contributed by atoms with van der Waals surface area (Å²) < 4.78 is 12.0. The van der Waals surface area contributed by atoms with Crippen molar-refractivity contribution >= 4 is 16.6 Å². The van der Waals surface area contributed by atoms with E-state index >= 15 is 0 Å². The molecule has 2 atom stereocenters. The van der Waals surface area contributed by atoms with Gasteiger partial charge >= 0.3 is 0 Å². The maximum atomic E-state index is 12.0. The number of Topliss-reactive ketones (excluding diaryl/α,β-unsaturated/α-hetero) is 1. The zero-order valence-electron chi connectivity index (χ0n) is 9.69. The van der Waals surface area contributed by atoms with Crippen molar-refractivity contribution in [3.05, 3.63) is 12.7 Å². The number of carbonyl (C=O) groups is 1. The summed E-state index contributed by atoms with van der Waals surface area (Å²) in [5.41, 5.74) is 0. The van der Waals surface area contributed by atoms with Crippen molar-refractivity contribution in [2.45, 2.75) is 55.4 Å². The quantitative estimate of drug-likeness (QED) is 0.708. The highest BCUT2D eigenvalue weighted by Gasteiger charge is 2.39. The van der Waals surface area contributed by atoms with Crippen molar-refractivity contribution in [3.8, 4) is 0 Å². The van der Waals surface area contributed by atoms with E-state index in [9.17, 15) is 9.00 Å². The van der Waals surface area contributed by atoms with Crippen molar-refractivity contribution in [1.29, 1.82) is 0 Å². The Hall–Kier alpha value is -0.440. The van der Waals surface area contributed by atoms with Crippen LogP contribution in [-0.2, 0) is 15.6 Å². The molecule has 2 fully saturated rings. The molecule has 2 bridgehead atoms. The van der Waals surface area contributed by atoms with Gasteiger partial charge in [-0.05, 0) is 32.1 Å². The predicted molar refractivity (Wildman–Crippen MR) is 66.7 cm³/mol. The van der Waals surface area contributed by atoms with Crippen molar-refractivity contribution in [2.24, 2.45) is 5.92 Å². The molecule has 2 unspecified atom stereocenters. The summed E-state index contributed by atoms with van der Waals surface area (Å²) in [6.45, 7) is 3.65. The summed E-state index contributed by atoms with van der Waals surface area (Å²) >= 11 is 0. The molecule has 0 aromatic carbocycles. The molecule has 16 heavy (non-hydrogen) atoms. The summed E-state index contributed by atoms with van der Waals surface area (Å²) in [5.74, 6) is 0.557. The summed E-state index contributed by atoms with van der Waals surface area (Å²) in [6.07, 6.45) is 8.29. The van der Waals surface area contributed by atoms with E-state index in [-0.39, 0.29) is 5.92 Å². The fourth-order valence-corrected chi connectivity index (χ4v) is 5.13. The molecule has 0 spiro atoms. The topological polar surface area (TPSA) is 34.1 Å². The van der Waals surface area contributed by atoms with Crippen LogP contribution in [0, 0.1) is 5.92 Å². The Labute approximate surface area is 100.0 Å². The highest BCUT2D eigenvalue weighted by atomic mass is 32.2. The number of carbonyl (C=O) groups excluding carboxylic acids is 1. The van der Waals surface area contributed by atoms with Crippen LogP contribution in [0.4, 0.5) is 0 Å². The SMILES string of the molecule is C=CCCC(=O)C1CC2CCCC(C1)S2=O. The molecule has 0 aliphatic carbocycles. The third-order valence-corrected chi connectivity index (χ3v) is 6.02. The Kier molecular flexibility index (Phi) is 3.95. The van der Waals surface area contributed by atoms with Crippen LogP contribution in [0.5, 0.6) is 0 Å². The van der Waals surface area contributed by atoms with Gasteiger partial charge in [0.25, 0.3) is 0 Å². The second-order valence-electron chi connectivity index (χ2n) is 4.97. The van der Waals surface area contributed by atoms with Gasteiger partial charge in [-0.15, -0.1) is 6.58 Å². The van der Waals surface area contributed by atoms with Gasteiger partial charge in [-0.3, -0.25) is 9.00 Å². The molecule has 0 saturated carbocycles. The Morgan fingerprint density at radius 1 is 1.31 bits per heavy atom. The minimum absolute atomic E-state index is 0.188. The summed E-state index contributed by atoms with van der Waals surface area (Å²) in [6, 6.07) is 0. The van der Waals surface area contributed by atoms with E-state index in [0.29, 0.717) is 22.7 Å². The molecule has 0 N–H and O–H groups in total. The molecule has 2 aliphatic rings. The number of hydrogen-bond donors (Lipinski definition) is 0. The van der Waals surface area contributed by atoms with Crippen LogP contribution in [0.15, 0.2) is 12.7 Å². The molecule has 3 heteroatoms. The molecule has 0 amide bonds. The van der Waals surface area contributed by atoms with Crippen LogP contribution in [0.1, 0.15) is 44.9 Å². The van der Waals surface area contributed by atoms with E-state index in [2.05, 4.69) is 6.58 Å². The summed E-state index contributed by atoms with van der Waals surface area (Å²) in [5, 5.41) is 0.621. The zero-order valence-corrected chi connectivity index (χ0v) is 10.5. The molecule has 90 valence electrons. The van der Waals surface area contributed by atoms with Gasteiger partial charge in [0.1, 0.15) is 5.78 Å². The van der Waals surface area contributed by atoms with Crippen LogP contribution >= 0.6 is 0 Å². The van der Waals surface area contributed by atoms with Crippen molar-refractivity contribution in [1.82, 2.24) is 0 Å². The Balaban J connectivity index is 1.96. The van der Waals surface area contributed by atoms with Crippen LogP contribution in [0.2, 0.25) is 0 Å². The number of allylic oxidation sites excluding steroid dienone is 1. The molecule has 2 nitrogen and oxygen atoms in total. The van der Waals surface area contributed by atoms with E-state index in [1.54, 1.807) is 6.08 Å². The van der Waals surface area contributed by atoms with Gasteiger partial charge in [0.05, 0.1) is 0 Å². The highest BCUT2D eigenvalue weighted by molar-refractivity contribution is 7.86. The molecular formula is C13H20O2S. The average molecular weight is 240 g/mol. The van der Waals surface area contributed by atoms with Gasteiger partial charge in [-0.1, -0.05) is 12.5 Å². The van der Waals surface area contributed by atoms with E-state index in [0.717, 1.165) is 32.1 Å². The third-order valence-electron chi connectivity index (χ3n) is 3.85. The van der Waals surface area contributed by atoms with Crippen LogP contribution < -0.4 is 0 Å². The first-order valence-electron chi connectivity index (χ1n) is 6.25. The molecule has 2 heterocycles. The third kappa shape index (κ3) is 2.45. The van der Waals surface area contributed by atoms with Gasteiger partial charge in [-0.2, -0.15) is 0 Å². The predicted octanol–water partition coefficient (Wildman–Crippen LogP) is 2.60. The molecule has 2 saturated heterocycles. The first kappa shape index (κ1) is 12.0. The lowest BCUT2D eigenvalue weighted by Gasteiger charge is -2.37. The second-order valence-corrected chi connectivity index (χ2v) is 6.96. The first-order chi connectivity index (χ1) is 7.72. The van der Waals surface area contributed by atoms with Crippen LogP contribution in [-0.4, -0.2) is 20.5 Å². The summed E-state index contributed by atoms with van der Waals surface area (Å²) in [4.78, 5) is 11.9. The maximum Gasteiger partial charge on any atom is 0.136 e. The fraction of sp³-hybridized carbons (Fsp3) is 0.769. The Morgan fingerprint density at radius 3 is 2.50 bits per heavy atom. The smallest absolute Gasteiger partial charge is 0.136 e. The van der Waals surface area contributed by atoms with E-state index in [1.165, 1.54) is 6.42 Å². The largest absolute Gasteiger partial charge is 0.299 e. The minimum Gasteiger partial charge on any atom is -0.299 e. The normalized spacial score (nSPS) is 38.0. The Morgan fingerprint density at radius 2 is 1.94 bits per heavy atom. The average Bonchev–Trinajstić information content (AvgIpc) is 2.25. The van der Waals surface area contributed by atoms with Gasteiger partial charge < -0.3 is 0 Å². The standard InChI is InChI=1S/C13H20O2S/c1-2-3-7-13(14)10-8-11-5-4-6-12(9-10)16(11)15/h2,10-12H,1,3-9H2. The minimum atomic E-state index is -0.651. The zero-order chi connectivity index (χ0) is 11.5. The Bertz CT molecular complexity index is 295. The van der Waals surface area contributed by atoms with Crippen LogP contribution in [0.3, 0.4) is 0 Å². The van der Waals surface area contributed by atoms with Gasteiger partial charge in [-0.25, -0.2) is 0 Å². The summed E-state index contributed by atoms with van der Waals surface area (Å²) in [7, 11) is -0.651. The van der Waals surface area contributed by atoms with Crippen molar-refractivity contribution in [2.75, 3.05) is 0 Å². The number of fused-ring (bicyclic) bond motifs is 2. The van der Waals surface area contributed by atoms with Gasteiger partial charge in [0, 0.05) is 33.6 Å². The van der Waals surface area contributed by atoms with Crippen molar-refractivity contribution in [3.63, 3.8) is 0 Å². The lowest BCUT2D eigenvalue weighted by molar-refractivity contribution is -0.123. The molecule has 2 aliphatic heterocycles. The molecule has 0 aromatic heterocycles.